The Morgan fingerprint density at radius 1 is 1.21 bits per heavy atom. The molecule has 1 saturated carbocycles. The number of anilines is 1. The molecule has 6 nitrogen and oxygen atoms in total. The molecule has 2 fully saturated rings. The van der Waals surface area contributed by atoms with Gasteiger partial charge in [0, 0.05) is 24.7 Å². The maximum absolute atomic E-state index is 12.5. The number of amides is 2. The first-order chi connectivity index (χ1) is 13.8. The van der Waals surface area contributed by atoms with Gasteiger partial charge in [-0.15, -0.1) is 0 Å². The van der Waals surface area contributed by atoms with Crippen molar-refractivity contribution in [1.29, 1.82) is 0 Å². The molecule has 158 valence electrons. The lowest BCUT2D eigenvalue weighted by molar-refractivity contribution is -0.151. The van der Waals surface area contributed by atoms with Crippen molar-refractivity contribution in [2.75, 3.05) is 18.5 Å². The predicted octanol–water partition coefficient (Wildman–Crippen LogP) is 3.46. The average Bonchev–Trinajstić information content (AvgIpc) is 3.06. The summed E-state index contributed by atoms with van der Waals surface area (Å²) in [6.07, 6.45) is 3.49. The van der Waals surface area contributed by atoms with Crippen LogP contribution in [0.1, 0.15) is 50.7 Å². The molecule has 1 aromatic carbocycles. The summed E-state index contributed by atoms with van der Waals surface area (Å²) in [7, 11) is 0. The van der Waals surface area contributed by atoms with Crippen LogP contribution in [-0.2, 0) is 19.1 Å². The van der Waals surface area contributed by atoms with E-state index in [9.17, 15) is 14.4 Å². The first-order valence-electron chi connectivity index (χ1n) is 10.6. The predicted molar refractivity (Wildman–Crippen MR) is 111 cm³/mol. The number of benzene rings is 1. The number of nitrogens with one attached hydrogen (secondary N) is 1. The van der Waals surface area contributed by atoms with Gasteiger partial charge in [0.25, 0.3) is 5.91 Å². The average molecular weight is 401 g/mol. The van der Waals surface area contributed by atoms with Crippen LogP contribution in [0.5, 0.6) is 0 Å². The summed E-state index contributed by atoms with van der Waals surface area (Å²) in [5.41, 5.74) is 2.78. The summed E-state index contributed by atoms with van der Waals surface area (Å²) in [5, 5.41) is 2.77. The second kappa shape index (κ2) is 8.97. The van der Waals surface area contributed by atoms with Crippen LogP contribution in [0.15, 0.2) is 18.2 Å². The summed E-state index contributed by atoms with van der Waals surface area (Å²) in [5.74, 6) is -0.278. The number of carbonyl (C=O) groups is 3. The van der Waals surface area contributed by atoms with Crippen LogP contribution < -0.4 is 5.32 Å². The van der Waals surface area contributed by atoms with E-state index in [1.54, 1.807) is 0 Å². The molecular formula is C23H32N2O4. The molecule has 1 aliphatic heterocycles. The van der Waals surface area contributed by atoms with Crippen LogP contribution in [0, 0.1) is 31.6 Å². The first-order valence-corrected chi connectivity index (χ1v) is 10.6. The van der Waals surface area contributed by atoms with E-state index in [1.807, 2.05) is 36.9 Å². The Bertz CT molecular complexity index is 791. The molecule has 0 spiro atoms. The maximum Gasteiger partial charge on any atom is 0.311 e. The molecule has 1 saturated heterocycles. The number of hydrogen-bond acceptors (Lipinski definition) is 4. The molecule has 1 heterocycles. The summed E-state index contributed by atoms with van der Waals surface area (Å²) in [6.45, 7) is 8.40. The summed E-state index contributed by atoms with van der Waals surface area (Å²) in [6, 6.07) is 5.94. The second-order valence-corrected chi connectivity index (χ2v) is 8.76. The molecule has 1 aliphatic carbocycles. The maximum atomic E-state index is 12.5. The molecule has 29 heavy (non-hydrogen) atoms. The minimum absolute atomic E-state index is 0.0256. The Labute approximate surface area is 173 Å². The zero-order valence-corrected chi connectivity index (χ0v) is 17.9. The molecule has 0 radical (unpaired) electrons. The van der Waals surface area contributed by atoms with E-state index >= 15 is 0 Å². The van der Waals surface area contributed by atoms with Crippen molar-refractivity contribution in [2.45, 2.75) is 59.4 Å². The zero-order valence-electron chi connectivity index (χ0n) is 17.9. The Morgan fingerprint density at radius 2 is 1.97 bits per heavy atom. The molecule has 0 aromatic heterocycles. The van der Waals surface area contributed by atoms with Crippen LogP contribution in [0.4, 0.5) is 5.69 Å². The van der Waals surface area contributed by atoms with E-state index in [0.29, 0.717) is 24.1 Å². The Kier molecular flexibility index (Phi) is 6.60. The van der Waals surface area contributed by atoms with Crippen LogP contribution in [0.2, 0.25) is 0 Å². The van der Waals surface area contributed by atoms with Crippen LogP contribution >= 0.6 is 0 Å². The fraction of sp³-hybridized carbons (Fsp3) is 0.609. The monoisotopic (exact) mass is 400 g/mol. The number of nitrogens with zero attached hydrogens (tertiary/aromatic N) is 1. The van der Waals surface area contributed by atoms with E-state index in [2.05, 4.69) is 19.2 Å². The van der Waals surface area contributed by atoms with E-state index in [0.717, 1.165) is 24.0 Å². The standard InChI is InChI=1S/C23H32N2O4/c1-14-8-9-19(16(3)10-14)24-21(26)13-29-23(28)18-11-22(27)25(12-18)20-7-5-6-15(2)17(20)4/h8-10,15,17-18,20H,5-7,11-13H2,1-4H3,(H,24,26)/t15-,17-,18-,20-/m0/s1. The van der Waals surface area contributed by atoms with Gasteiger partial charge in [0.2, 0.25) is 5.91 Å². The number of esters is 1. The van der Waals surface area contributed by atoms with Gasteiger partial charge in [-0.05, 0) is 43.7 Å². The smallest absolute Gasteiger partial charge is 0.311 e. The van der Waals surface area contributed by atoms with Gasteiger partial charge in [-0.25, -0.2) is 0 Å². The summed E-state index contributed by atoms with van der Waals surface area (Å²) < 4.78 is 5.23. The highest BCUT2D eigenvalue weighted by atomic mass is 16.5. The molecular weight excluding hydrogens is 368 g/mol. The quantitative estimate of drug-likeness (QED) is 0.768. The van der Waals surface area contributed by atoms with Gasteiger partial charge in [0.05, 0.1) is 5.92 Å². The minimum atomic E-state index is -0.485. The molecule has 3 rings (SSSR count). The topological polar surface area (TPSA) is 75.7 Å². The van der Waals surface area contributed by atoms with E-state index in [1.165, 1.54) is 6.42 Å². The number of aryl methyl sites for hydroxylation is 2. The summed E-state index contributed by atoms with van der Waals surface area (Å²) in [4.78, 5) is 39.0. The van der Waals surface area contributed by atoms with Gasteiger partial charge >= 0.3 is 5.97 Å². The Morgan fingerprint density at radius 3 is 2.69 bits per heavy atom. The molecule has 2 aliphatic rings. The SMILES string of the molecule is Cc1ccc(NC(=O)COC(=O)[C@H]2CC(=O)N([C@H]3CCC[C@H](C)[C@@H]3C)C2)c(C)c1. The fourth-order valence-corrected chi connectivity index (χ4v) is 4.60. The zero-order chi connectivity index (χ0) is 21.1. The largest absolute Gasteiger partial charge is 0.455 e. The van der Waals surface area contributed by atoms with Gasteiger partial charge in [-0.2, -0.15) is 0 Å². The molecule has 6 heteroatoms. The number of ether oxygens (including phenoxy) is 1. The highest BCUT2D eigenvalue weighted by Gasteiger charge is 2.42. The van der Waals surface area contributed by atoms with Crippen LogP contribution in [-0.4, -0.2) is 41.9 Å². The van der Waals surface area contributed by atoms with Gasteiger partial charge in [-0.1, -0.05) is 44.4 Å². The molecule has 0 bridgehead atoms. The number of carbonyl (C=O) groups excluding carboxylic acids is 3. The van der Waals surface area contributed by atoms with Gasteiger partial charge in [-0.3, -0.25) is 14.4 Å². The van der Waals surface area contributed by atoms with Crippen molar-refractivity contribution in [2.24, 2.45) is 17.8 Å². The van der Waals surface area contributed by atoms with Crippen molar-refractivity contribution < 1.29 is 19.1 Å². The Hall–Kier alpha value is -2.37. The van der Waals surface area contributed by atoms with Crippen molar-refractivity contribution in [3.05, 3.63) is 29.3 Å². The van der Waals surface area contributed by atoms with Gasteiger partial charge in [0.1, 0.15) is 0 Å². The van der Waals surface area contributed by atoms with Crippen LogP contribution in [0.25, 0.3) is 0 Å². The number of likely N-dealkylation sites (tertiary alicyclic amines) is 1. The molecule has 2 amide bonds. The highest BCUT2D eigenvalue weighted by Crippen LogP contribution is 2.35. The first kappa shape index (κ1) is 21.3. The Balaban J connectivity index is 1.51. The van der Waals surface area contributed by atoms with Gasteiger partial charge < -0.3 is 15.0 Å². The second-order valence-electron chi connectivity index (χ2n) is 8.76. The highest BCUT2D eigenvalue weighted by molar-refractivity contribution is 5.94. The molecule has 1 aromatic rings. The molecule has 4 atom stereocenters. The van der Waals surface area contributed by atoms with Gasteiger partial charge in [0.15, 0.2) is 6.61 Å². The molecule has 1 N–H and O–H groups in total. The van der Waals surface area contributed by atoms with Crippen molar-refractivity contribution in [3.8, 4) is 0 Å². The molecule has 0 unspecified atom stereocenters. The van der Waals surface area contributed by atoms with Crippen molar-refractivity contribution in [1.82, 2.24) is 4.90 Å². The fourth-order valence-electron chi connectivity index (χ4n) is 4.60. The normalized spacial score (nSPS) is 27.0. The minimum Gasteiger partial charge on any atom is -0.455 e. The number of hydrogen-bond donors (Lipinski definition) is 1. The van der Waals surface area contributed by atoms with E-state index < -0.39 is 11.9 Å². The summed E-state index contributed by atoms with van der Waals surface area (Å²) >= 11 is 0. The van der Waals surface area contributed by atoms with Crippen molar-refractivity contribution >= 4 is 23.5 Å². The lowest BCUT2D eigenvalue weighted by atomic mass is 9.77. The lowest BCUT2D eigenvalue weighted by Crippen LogP contribution is -2.45. The third kappa shape index (κ3) is 4.98. The van der Waals surface area contributed by atoms with E-state index in [-0.39, 0.29) is 30.9 Å². The van der Waals surface area contributed by atoms with E-state index in [4.69, 9.17) is 4.74 Å². The third-order valence-corrected chi connectivity index (χ3v) is 6.56. The third-order valence-electron chi connectivity index (χ3n) is 6.56. The lowest BCUT2D eigenvalue weighted by Gasteiger charge is -2.39. The van der Waals surface area contributed by atoms with Crippen molar-refractivity contribution in [3.63, 3.8) is 0 Å². The van der Waals surface area contributed by atoms with Crippen LogP contribution in [0.3, 0.4) is 0 Å². The number of rotatable bonds is 5.